The van der Waals surface area contributed by atoms with Crippen molar-refractivity contribution in [2.45, 2.75) is 6.42 Å². The number of ether oxygens (including phenoxy) is 1. The zero-order valence-corrected chi connectivity index (χ0v) is 15.4. The van der Waals surface area contributed by atoms with E-state index in [-0.39, 0.29) is 5.78 Å². The number of carbonyl (C=O) groups is 1. The molecule has 0 fully saturated rings. The highest BCUT2D eigenvalue weighted by Crippen LogP contribution is 2.27. The monoisotopic (exact) mass is 460 g/mol. The molecule has 0 heterocycles. The second-order valence-corrected chi connectivity index (χ2v) is 6.81. The van der Waals surface area contributed by atoms with E-state index in [9.17, 15) is 4.79 Å². The van der Waals surface area contributed by atoms with Crippen LogP contribution in [0.25, 0.3) is 0 Å². The Morgan fingerprint density at radius 2 is 1.75 bits per heavy atom. The summed E-state index contributed by atoms with van der Waals surface area (Å²) in [6, 6.07) is 11.2. The zero-order valence-electron chi connectivity index (χ0n) is 10.6. The lowest BCUT2D eigenvalue weighted by molar-refractivity contribution is 0.0992. The Morgan fingerprint density at radius 3 is 2.45 bits per heavy atom. The van der Waals surface area contributed by atoms with E-state index in [4.69, 9.17) is 4.74 Å². The molecular weight excluding hydrogens is 452 g/mol. The number of hydrogen-bond acceptors (Lipinski definition) is 2. The number of hydrogen-bond donors (Lipinski definition) is 0. The van der Waals surface area contributed by atoms with Gasteiger partial charge in [0.25, 0.3) is 0 Å². The van der Waals surface area contributed by atoms with Crippen LogP contribution in [0.15, 0.2) is 49.8 Å². The molecule has 0 atom stereocenters. The number of ketones is 1. The Balaban J connectivity index is 2.30. The summed E-state index contributed by atoms with van der Waals surface area (Å²) >= 11 is 10.3. The van der Waals surface area contributed by atoms with Crippen LogP contribution in [0.2, 0.25) is 0 Å². The molecule has 0 unspecified atom stereocenters. The average molecular weight is 463 g/mol. The smallest absolute Gasteiger partial charge is 0.168 e. The van der Waals surface area contributed by atoms with Gasteiger partial charge in [-0.3, -0.25) is 4.79 Å². The summed E-state index contributed by atoms with van der Waals surface area (Å²) in [5.74, 6) is 0.788. The minimum atomic E-state index is 0.0483. The summed E-state index contributed by atoms with van der Waals surface area (Å²) < 4.78 is 7.77. The highest BCUT2D eigenvalue weighted by molar-refractivity contribution is 9.11. The lowest BCUT2D eigenvalue weighted by Gasteiger charge is -2.08. The molecule has 0 aromatic heterocycles. The maximum atomic E-state index is 12.4. The van der Waals surface area contributed by atoms with Gasteiger partial charge < -0.3 is 4.74 Å². The molecule has 0 aliphatic heterocycles. The normalized spacial score (nSPS) is 10.4. The maximum absolute atomic E-state index is 12.4. The SMILES string of the molecule is COc1ccc(Br)c(CC(=O)c2cc(Br)ccc2Br)c1. The summed E-state index contributed by atoms with van der Waals surface area (Å²) in [5, 5.41) is 0. The largest absolute Gasteiger partial charge is 0.497 e. The van der Waals surface area contributed by atoms with Crippen LogP contribution in [-0.4, -0.2) is 12.9 Å². The average Bonchev–Trinajstić information content (AvgIpc) is 2.43. The standard InChI is InChI=1S/C15H11Br3O2/c1-20-11-3-5-13(17)9(6-11)7-15(19)12-8-10(16)2-4-14(12)18/h2-6,8H,7H2,1H3. The predicted octanol–water partition coefficient (Wildman–Crippen LogP) is 5.41. The third-order valence-corrected chi connectivity index (χ3v) is 4.79. The molecule has 5 heteroatoms. The summed E-state index contributed by atoms with van der Waals surface area (Å²) in [6.45, 7) is 0. The highest BCUT2D eigenvalue weighted by atomic mass is 79.9. The predicted molar refractivity (Wildman–Crippen MR) is 90.6 cm³/mol. The summed E-state index contributed by atoms with van der Waals surface area (Å²) in [5.41, 5.74) is 1.57. The number of Topliss-reactive ketones (excluding diaryl/α,β-unsaturated/α-hetero) is 1. The van der Waals surface area contributed by atoms with Gasteiger partial charge in [-0.2, -0.15) is 0 Å². The van der Waals surface area contributed by atoms with Crippen LogP contribution in [0.3, 0.4) is 0 Å². The first-order valence-corrected chi connectivity index (χ1v) is 8.20. The van der Waals surface area contributed by atoms with Crippen LogP contribution in [0, 0.1) is 0 Å². The van der Waals surface area contributed by atoms with Gasteiger partial charge in [-0.15, -0.1) is 0 Å². The van der Waals surface area contributed by atoms with E-state index >= 15 is 0 Å². The molecule has 0 aliphatic carbocycles. The van der Waals surface area contributed by atoms with Crippen molar-refractivity contribution in [2.24, 2.45) is 0 Å². The van der Waals surface area contributed by atoms with Crippen molar-refractivity contribution in [3.63, 3.8) is 0 Å². The van der Waals surface area contributed by atoms with Crippen molar-refractivity contribution in [2.75, 3.05) is 7.11 Å². The van der Waals surface area contributed by atoms with Gasteiger partial charge >= 0.3 is 0 Å². The Morgan fingerprint density at radius 1 is 1.05 bits per heavy atom. The van der Waals surface area contributed by atoms with E-state index in [1.165, 1.54) is 0 Å². The molecule has 2 nitrogen and oxygen atoms in total. The fourth-order valence-corrected chi connectivity index (χ4v) is 3.01. The Labute approximate surface area is 142 Å². The second-order valence-electron chi connectivity index (χ2n) is 4.18. The van der Waals surface area contributed by atoms with Gasteiger partial charge in [0.1, 0.15) is 5.75 Å². The van der Waals surface area contributed by atoms with Gasteiger partial charge in [0, 0.05) is 25.4 Å². The third-order valence-electron chi connectivity index (χ3n) is 2.83. The first kappa shape index (κ1) is 15.7. The molecule has 0 amide bonds. The third kappa shape index (κ3) is 3.71. The topological polar surface area (TPSA) is 26.3 Å². The molecule has 2 rings (SSSR count). The van der Waals surface area contributed by atoms with E-state index in [0.29, 0.717) is 12.0 Å². The molecule has 0 saturated carbocycles. The molecule has 0 N–H and O–H groups in total. The van der Waals surface area contributed by atoms with Gasteiger partial charge in [0.2, 0.25) is 0 Å². The summed E-state index contributed by atoms with van der Waals surface area (Å²) in [7, 11) is 1.61. The van der Waals surface area contributed by atoms with E-state index in [2.05, 4.69) is 47.8 Å². The number of rotatable bonds is 4. The Kier molecular flexibility index (Phi) is 5.41. The number of benzene rings is 2. The highest BCUT2D eigenvalue weighted by Gasteiger charge is 2.13. The van der Waals surface area contributed by atoms with Crippen LogP contribution in [-0.2, 0) is 6.42 Å². The molecule has 0 bridgehead atoms. The van der Waals surface area contributed by atoms with E-state index in [1.807, 2.05) is 36.4 Å². The van der Waals surface area contributed by atoms with Crippen LogP contribution in [0.5, 0.6) is 5.75 Å². The van der Waals surface area contributed by atoms with Crippen molar-refractivity contribution in [1.29, 1.82) is 0 Å². The van der Waals surface area contributed by atoms with Gasteiger partial charge in [-0.1, -0.05) is 47.8 Å². The van der Waals surface area contributed by atoms with Crippen LogP contribution in [0.1, 0.15) is 15.9 Å². The molecule has 0 saturated heterocycles. The van der Waals surface area contributed by atoms with Crippen LogP contribution < -0.4 is 4.74 Å². The molecule has 0 radical (unpaired) electrons. The Bertz CT molecular complexity index is 654. The van der Waals surface area contributed by atoms with Crippen molar-refractivity contribution in [1.82, 2.24) is 0 Å². The van der Waals surface area contributed by atoms with Crippen molar-refractivity contribution in [3.8, 4) is 5.75 Å². The van der Waals surface area contributed by atoms with Crippen LogP contribution in [0.4, 0.5) is 0 Å². The second kappa shape index (κ2) is 6.87. The van der Waals surface area contributed by atoms with E-state index < -0.39 is 0 Å². The number of halogens is 3. The summed E-state index contributed by atoms with van der Waals surface area (Å²) in [6.07, 6.45) is 0.312. The van der Waals surface area contributed by atoms with E-state index in [1.54, 1.807) is 7.11 Å². The molecule has 0 spiro atoms. The maximum Gasteiger partial charge on any atom is 0.168 e. The fourth-order valence-electron chi connectivity index (χ4n) is 1.79. The van der Waals surface area contributed by atoms with Crippen LogP contribution >= 0.6 is 47.8 Å². The van der Waals surface area contributed by atoms with Crippen molar-refractivity contribution >= 4 is 53.6 Å². The van der Waals surface area contributed by atoms with Gasteiger partial charge in [0.15, 0.2) is 5.78 Å². The zero-order chi connectivity index (χ0) is 14.7. The molecular formula is C15H11Br3O2. The van der Waals surface area contributed by atoms with Gasteiger partial charge in [0.05, 0.1) is 7.11 Å². The molecule has 2 aromatic rings. The minimum absolute atomic E-state index is 0.0483. The van der Waals surface area contributed by atoms with Crippen molar-refractivity contribution < 1.29 is 9.53 Å². The number of methoxy groups -OCH3 is 1. The van der Waals surface area contributed by atoms with Gasteiger partial charge in [-0.05, 0) is 42.0 Å². The number of carbonyl (C=O) groups excluding carboxylic acids is 1. The Hall–Kier alpha value is -0.650. The van der Waals surface area contributed by atoms with Crippen molar-refractivity contribution in [3.05, 3.63) is 60.9 Å². The first-order chi connectivity index (χ1) is 9.51. The first-order valence-electron chi connectivity index (χ1n) is 5.82. The quantitative estimate of drug-likeness (QED) is 0.568. The van der Waals surface area contributed by atoms with E-state index in [0.717, 1.165) is 24.7 Å². The lowest BCUT2D eigenvalue weighted by atomic mass is 10.0. The van der Waals surface area contributed by atoms with Gasteiger partial charge in [-0.25, -0.2) is 0 Å². The molecule has 20 heavy (non-hydrogen) atoms. The fraction of sp³-hybridized carbons (Fsp3) is 0.133. The molecule has 2 aromatic carbocycles. The lowest BCUT2D eigenvalue weighted by Crippen LogP contribution is -2.05. The minimum Gasteiger partial charge on any atom is -0.497 e. The molecule has 0 aliphatic rings. The molecule has 104 valence electrons. The summed E-state index contributed by atoms with van der Waals surface area (Å²) in [4.78, 5) is 12.4.